The molecule has 0 radical (unpaired) electrons. The summed E-state index contributed by atoms with van der Waals surface area (Å²) in [6.45, 7) is 4.90. The number of aliphatic imine (C=N–C) groups is 1. The Morgan fingerprint density at radius 1 is 1.00 bits per heavy atom. The van der Waals surface area contributed by atoms with Crippen LogP contribution in [0.15, 0.2) is 81.5 Å². The molecule has 0 saturated carbocycles. The van der Waals surface area contributed by atoms with Crippen molar-refractivity contribution in [3.63, 3.8) is 0 Å². The zero-order valence-corrected chi connectivity index (χ0v) is 18.3. The molecule has 3 aromatic rings. The number of aryl methyl sites for hydroxylation is 2. The summed E-state index contributed by atoms with van der Waals surface area (Å²) >= 11 is 1.72. The Kier molecular flexibility index (Phi) is 6.34. The largest absolute Gasteiger partial charge is 0.352 e. The summed E-state index contributed by atoms with van der Waals surface area (Å²) in [5.74, 6) is -0.0401. The lowest BCUT2D eigenvalue weighted by atomic mass is 10.0. The normalized spacial score (nSPS) is 12.4. The molecule has 0 aromatic heterocycles. The van der Waals surface area contributed by atoms with Gasteiger partial charge in [-0.25, -0.2) is 0 Å². The molecular weight excluding hydrogens is 388 g/mol. The smallest absolute Gasteiger partial charge is 0.251 e. The Bertz CT molecular complexity index is 1090. The van der Waals surface area contributed by atoms with Crippen molar-refractivity contribution in [2.24, 2.45) is 4.99 Å². The number of nitrogens with one attached hydrogen (secondary N) is 1. The molecule has 1 aliphatic rings. The maximum atomic E-state index is 12.7. The van der Waals surface area contributed by atoms with Crippen LogP contribution in [0.2, 0.25) is 0 Å². The zero-order chi connectivity index (χ0) is 20.9. The van der Waals surface area contributed by atoms with Crippen LogP contribution in [0.5, 0.6) is 0 Å². The van der Waals surface area contributed by atoms with E-state index in [0.29, 0.717) is 12.1 Å². The first-order valence-electron chi connectivity index (χ1n) is 10.5. The molecule has 1 aliphatic heterocycles. The molecule has 1 heterocycles. The Hall–Kier alpha value is -2.85. The van der Waals surface area contributed by atoms with Gasteiger partial charge in [0.25, 0.3) is 5.91 Å². The molecule has 1 N–H and O–H groups in total. The maximum Gasteiger partial charge on any atom is 0.251 e. The third-order valence-electron chi connectivity index (χ3n) is 5.25. The van der Waals surface area contributed by atoms with Crippen LogP contribution in [-0.2, 0) is 6.42 Å². The van der Waals surface area contributed by atoms with Crippen LogP contribution in [0.25, 0.3) is 0 Å². The molecule has 0 atom stereocenters. The molecule has 0 aliphatic carbocycles. The van der Waals surface area contributed by atoms with Gasteiger partial charge in [-0.1, -0.05) is 60.6 Å². The van der Waals surface area contributed by atoms with Crippen LogP contribution < -0.4 is 5.32 Å². The maximum absolute atomic E-state index is 12.7. The van der Waals surface area contributed by atoms with Gasteiger partial charge in [0.1, 0.15) is 0 Å². The van der Waals surface area contributed by atoms with Crippen LogP contribution in [0, 0.1) is 6.92 Å². The Morgan fingerprint density at radius 2 is 1.80 bits per heavy atom. The molecule has 3 aromatic carbocycles. The second-order valence-corrected chi connectivity index (χ2v) is 8.63. The van der Waals surface area contributed by atoms with Crippen molar-refractivity contribution in [2.45, 2.75) is 42.9 Å². The van der Waals surface area contributed by atoms with Crippen molar-refractivity contribution >= 4 is 29.1 Å². The zero-order valence-electron chi connectivity index (χ0n) is 17.4. The molecular formula is C26H26N2OS. The molecule has 0 bridgehead atoms. The summed E-state index contributed by atoms with van der Waals surface area (Å²) in [6.07, 6.45) is 2.74. The molecule has 30 heavy (non-hydrogen) atoms. The van der Waals surface area contributed by atoms with E-state index in [4.69, 9.17) is 4.99 Å². The average molecular weight is 415 g/mol. The van der Waals surface area contributed by atoms with Gasteiger partial charge in [0.2, 0.25) is 0 Å². The number of rotatable bonds is 6. The van der Waals surface area contributed by atoms with Crippen molar-refractivity contribution < 1.29 is 4.79 Å². The topological polar surface area (TPSA) is 41.5 Å². The van der Waals surface area contributed by atoms with Gasteiger partial charge in [0.05, 0.1) is 5.69 Å². The molecule has 1 amide bonds. The van der Waals surface area contributed by atoms with Gasteiger partial charge in [-0.15, -0.1) is 0 Å². The first-order chi connectivity index (χ1) is 14.6. The van der Waals surface area contributed by atoms with E-state index >= 15 is 0 Å². The molecule has 0 unspecified atom stereocenters. The second kappa shape index (κ2) is 9.31. The van der Waals surface area contributed by atoms with Gasteiger partial charge in [-0.2, -0.15) is 0 Å². The van der Waals surface area contributed by atoms with Crippen molar-refractivity contribution in [1.82, 2.24) is 5.32 Å². The monoisotopic (exact) mass is 414 g/mol. The van der Waals surface area contributed by atoms with Crippen LogP contribution in [0.1, 0.15) is 46.8 Å². The number of hydrogen-bond acceptors (Lipinski definition) is 3. The van der Waals surface area contributed by atoms with E-state index in [0.717, 1.165) is 35.6 Å². The summed E-state index contributed by atoms with van der Waals surface area (Å²) in [4.78, 5) is 19.9. The lowest BCUT2D eigenvalue weighted by molar-refractivity contribution is 0.0953. The molecule has 4 heteroatoms. The van der Waals surface area contributed by atoms with Crippen molar-refractivity contribution in [3.05, 3.63) is 89.0 Å². The van der Waals surface area contributed by atoms with E-state index in [1.807, 2.05) is 36.4 Å². The van der Waals surface area contributed by atoms with Gasteiger partial charge in [0, 0.05) is 33.2 Å². The summed E-state index contributed by atoms with van der Waals surface area (Å²) < 4.78 is 0. The third kappa shape index (κ3) is 4.65. The molecule has 0 saturated heterocycles. The lowest BCUT2D eigenvalue weighted by Crippen LogP contribution is -2.24. The van der Waals surface area contributed by atoms with Crippen molar-refractivity contribution in [1.29, 1.82) is 0 Å². The van der Waals surface area contributed by atoms with E-state index in [1.165, 1.54) is 21.6 Å². The second-order valence-electron chi connectivity index (χ2n) is 7.54. The van der Waals surface area contributed by atoms with Crippen LogP contribution >= 0.6 is 11.8 Å². The number of amides is 1. The number of carbonyl (C=O) groups excluding carboxylic acids is 1. The van der Waals surface area contributed by atoms with Crippen molar-refractivity contribution in [2.75, 3.05) is 6.54 Å². The quantitative estimate of drug-likeness (QED) is 0.477. The third-order valence-corrected chi connectivity index (χ3v) is 6.39. The summed E-state index contributed by atoms with van der Waals surface area (Å²) in [7, 11) is 0. The van der Waals surface area contributed by atoms with Gasteiger partial charge >= 0.3 is 0 Å². The minimum absolute atomic E-state index is 0.0401. The first-order valence-corrected chi connectivity index (χ1v) is 11.3. The fraction of sp³-hybridized carbons (Fsp3) is 0.231. The summed E-state index contributed by atoms with van der Waals surface area (Å²) in [5.41, 5.74) is 6.34. The Morgan fingerprint density at radius 3 is 2.60 bits per heavy atom. The van der Waals surface area contributed by atoms with Crippen molar-refractivity contribution in [3.8, 4) is 0 Å². The van der Waals surface area contributed by atoms with Gasteiger partial charge in [-0.3, -0.25) is 9.79 Å². The minimum atomic E-state index is -0.0401. The van der Waals surface area contributed by atoms with E-state index < -0.39 is 0 Å². The van der Waals surface area contributed by atoms with Gasteiger partial charge in [-0.05, 0) is 62.1 Å². The van der Waals surface area contributed by atoms with E-state index in [2.05, 4.69) is 49.5 Å². The molecule has 152 valence electrons. The fourth-order valence-electron chi connectivity index (χ4n) is 3.63. The average Bonchev–Trinajstić information content (AvgIpc) is 2.93. The lowest BCUT2D eigenvalue weighted by Gasteiger charge is -2.09. The molecule has 0 spiro atoms. The summed E-state index contributed by atoms with van der Waals surface area (Å²) in [5, 5.41) is 3.05. The van der Waals surface area contributed by atoms with E-state index in [1.54, 1.807) is 11.8 Å². The highest BCUT2D eigenvalue weighted by Crippen LogP contribution is 2.41. The molecule has 4 rings (SSSR count). The van der Waals surface area contributed by atoms with Gasteiger partial charge in [0.15, 0.2) is 0 Å². The molecule has 3 nitrogen and oxygen atoms in total. The highest BCUT2D eigenvalue weighted by atomic mass is 32.2. The number of fused-ring (bicyclic) bond motifs is 2. The highest BCUT2D eigenvalue weighted by Gasteiger charge is 2.18. The highest BCUT2D eigenvalue weighted by molar-refractivity contribution is 7.99. The Labute approximate surface area is 182 Å². The standard InChI is InChI=1S/C26H26N2OS/c1-3-22-21-16-18(2)11-13-24(21)30-25-14-12-20(17-23(25)28-22)26(29)27-15-7-10-19-8-5-4-6-9-19/h4-6,8-9,11-14,16-17H,3,7,10,15H2,1-2H3,(H,27,29). The number of hydrogen-bond donors (Lipinski definition) is 1. The predicted octanol–water partition coefficient (Wildman–Crippen LogP) is 6.35. The SMILES string of the molecule is CCC1=Nc2cc(C(=O)NCCCc3ccccc3)ccc2Sc2ccc(C)cc21. The number of carbonyl (C=O) groups is 1. The number of benzene rings is 3. The van der Waals surface area contributed by atoms with Crippen LogP contribution in [0.4, 0.5) is 5.69 Å². The minimum Gasteiger partial charge on any atom is -0.352 e. The first kappa shape index (κ1) is 20.4. The number of nitrogens with zero attached hydrogens (tertiary/aromatic N) is 1. The fourth-order valence-corrected chi connectivity index (χ4v) is 4.63. The van der Waals surface area contributed by atoms with Crippen LogP contribution in [-0.4, -0.2) is 18.2 Å². The van der Waals surface area contributed by atoms with E-state index in [9.17, 15) is 4.79 Å². The molecule has 0 fully saturated rings. The van der Waals surface area contributed by atoms with Gasteiger partial charge < -0.3 is 5.32 Å². The van der Waals surface area contributed by atoms with E-state index in [-0.39, 0.29) is 5.91 Å². The van der Waals surface area contributed by atoms with Crippen LogP contribution in [0.3, 0.4) is 0 Å². The Balaban J connectivity index is 1.47. The summed E-state index contributed by atoms with van der Waals surface area (Å²) in [6, 6.07) is 22.7. The predicted molar refractivity (Wildman–Crippen MR) is 125 cm³/mol.